The first kappa shape index (κ1) is 23.1. The lowest BCUT2D eigenvalue weighted by Gasteiger charge is -2.32. The van der Waals surface area contributed by atoms with Gasteiger partial charge in [-0.15, -0.1) is 0 Å². The minimum atomic E-state index is -0.606. The number of carbonyl (C=O) groups is 2. The van der Waals surface area contributed by atoms with Crippen molar-refractivity contribution in [2.45, 2.75) is 77.4 Å². The van der Waals surface area contributed by atoms with E-state index in [0.717, 1.165) is 32.4 Å². The molecule has 0 bridgehead atoms. The number of hydrogen-bond acceptors (Lipinski definition) is 6. The molecule has 0 aliphatic carbocycles. The smallest absolute Gasteiger partial charge is 0.242 e. The highest BCUT2D eigenvalue weighted by molar-refractivity contribution is 5.89. The highest BCUT2D eigenvalue weighted by atomic mass is 16.7. The molecule has 0 aromatic heterocycles. The van der Waals surface area contributed by atoms with Crippen LogP contribution in [0.2, 0.25) is 0 Å². The fraction of sp³-hybridized carbons (Fsp3) is 0.900. The van der Waals surface area contributed by atoms with Gasteiger partial charge in [-0.3, -0.25) is 9.59 Å². The minimum absolute atomic E-state index is 0.00621. The van der Waals surface area contributed by atoms with Crippen LogP contribution < -0.4 is 21.7 Å². The Hall–Kier alpha value is -1.22. The molecule has 2 aliphatic rings. The van der Waals surface area contributed by atoms with Crippen LogP contribution >= 0.6 is 0 Å². The normalized spacial score (nSPS) is 24.7. The van der Waals surface area contributed by atoms with Crippen LogP contribution in [-0.2, 0) is 19.1 Å². The number of piperidine rings is 1. The van der Waals surface area contributed by atoms with Crippen molar-refractivity contribution < 1.29 is 19.1 Å². The second-order valence-corrected chi connectivity index (χ2v) is 8.56. The molecule has 8 heteroatoms. The molecule has 2 fully saturated rings. The van der Waals surface area contributed by atoms with Crippen molar-refractivity contribution in [1.82, 2.24) is 16.0 Å². The first-order valence-corrected chi connectivity index (χ1v) is 10.6. The SMILES string of the molecule is CC[C@H](C)[C@H](NC(=O)[C@@H](N)CC(C)C)C(=O)NCC1COC2(CCNCC2)O1. The molecule has 0 aromatic rings. The van der Waals surface area contributed by atoms with Gasteiger partial charge in [0, 0.05) is 32.5 Å². The van der Waals surface area contributed by atoms with Crippen LogP contribution in [0.1, 0.15) is 53.4 Å². The first-order valence-electron chi connectivity index (χ1n) is 10.6. The number of carbonyl (C=O) groups excluding carboxylic acids is 2. The largest absolute Gasteiger partial charge is 0.352 e. The fourth-order valence-electron chi connectivity index (χ4n) is 3.69. The Morgan fingerprint density at radius 2 is 1.89 bits per heavy atom. The van der Waals surface area contributed by atoms with Gasteiger partial charge < -0.3 is 31.2 Å². The van der Waals surface area contributed by atoms with Crippen LogP contribution in [0.5, 0.6) is 0 Å². The number of nitrogens with two attached hydrogens (primary N) is 1. The molecular formula is C20H38N4O4. The number of hydrogen-bond donors (Lipinski definition) is 4. The molecule has 4 atom stereocenters. The van der Waals surface area contributed by atoms with Crippen molar-refractivity contribution in [2.75, 3.05) is 26.2 Å². The maximum atomic E-state index is 12.8. The van der Waals surface area contributed by atoms with Crippen molar-refractivity contribution in [1.29, 1.82) is 0 Å². The Kier molecular flexibility index (Phi) is 8.67. The Labute approximate surface area is 168 Å². The van der Waals surface area contributed by atoms with Gasteiger partial charge in [-0.05, 0) is 18.3 Å². The van der Waals surface area contributed by atoms with Crippen LogP contribution in [0, 0.1) is 11.8 Å². The summed E-state index contributed by atoms with van der Waals surface area (Å²) in [6.07, 6.45) is 2.83. The third-order valence-electron chi connectivity index (χ3n) is 5.64. The van der Waals surface area contributed by atoms with Crippen LogP contribution in [0.25, 0.3) is 0 Å². The molecule has 8 nitrogen and oxygen atoms in total. The standard InChI is InChI=1S/C20H38N4O4/c1-5-14(4)17(24-18(25)16(21)10-13(2)3)19(26)23-11-15-12-27-20(28-15)6-8-22-9-7-20/h13-17,22H,5-12,21H2,1-4H3,(H,23,26)(H,24,25)/t14-,15?,16-,17-/m0/s1. The lowest BCUT2D eigenvalue weighted by molar-refractivity contribution is -0.182. The second kappa shape index (κ2) is 10.5. The van der Waals surface area contributed by atoms with Crippen molar-refractivity contribution in [3.8, 4) is 0 Å². The van der Waals surface area contributed by atoms with E-state index in [1.54, 1.807) is 0 Å². The molecule has 2 saturated heterocycles. The van der Waals surface area contributed by atoms with E-state index in [0.29, 0.717) is 25.5 Å². The maximum Gasteiger partial charge on any atom is 0.242 e. The molecule has 1 unspecified atom stereocenters. The van der Waals surface area contributed by atoms with Gasteiger partial charge in [0.1, 0.15) is 12.1 Å². The zero-order valence-electron chi connectivity index (χ0n) is 17.8. The van der Waals surface area contributed by atoms with Crippen molar-refractivity contribution >= 4 is 11.8 Å². The Bertz CT molecular complexity index is 522. The fourth-order valence-corrected chi connectivity index (χ4v) is 3.69. The number of ether oxygens (including phenoxy) is 2. The molecule has 2 aliphatic heterocycles. The molecule has 0 aromatic carbocycles. The molecule has 1 spiro atoms. The van der Waals surface area contributed by atoms with Crippen molar-refractivity contribution in [3.63, 3.8) is 0 Å². The Balaban J connectivity index is 1.86. The molecule has 0 saturated carbocycles. The van der Waals surface area contributed by atoms with Crippen LogP contribution in [0.15, 0.2) is 0 Å². The van der Waals surface area contributed by atoms with E-state index in [1.165, 1.54) is 0 Å². The molecular weight excluding hydrogens is 360 g/mol. The van der Waals surface area contributed by atoms with Gasteiger partial charge in [0.05, 0.1) is 12.6 Å². The average molecular weight is 399 g/mol. The molecule has 0 radical (unpaired) electrons. The third-order valence-corrected chi connectivity index (χ3v) is 5.64. The second-order valence-electron chi connectivity index (χ2n) is 8.56. The van der Waals surface area contributed by atoms with Crippen LogP contribution in [-0.4, -0.2) is 62.0 Å². The van der Waals surface area contributed by atoms with Gasteiger partial charge in [-0.2, -0.15) is 0 Å². The van der Waals surface area contributed by atoms with Gasteiger partial charge in [-0.1, -0.05) is 34.1 Å². The summed E-state index contributed by atoms with van der Waals surface area (Å²) in [6, 6.07) is -1.21. The van der Waals surface area contributed by atoms with Crippen LogP contribution in [0.4, 0.5) is 0 Å². The lowest BCUT2D eigenvalue weighted by Crippen LogP contribution is -2.55. The summed E-state index contributed by atoms with van der Waals surface area (Å²) in [7, 11) is 0. The summed E-state index contributed by atoms with van der Waals surface area (Å²) in [6.45, 7) is 10.6. The topological polar surface area (TPSA) is 115 Å². The average Bonchev–Trinajstić information content (AvgIpc) is 3.05. The maximum absolute atomic E-state index is 12.8. The highest BCUT2D eigenvalue weighted by Crippen LogP contribution is 2.31. The molecule has 2 rings (SSSR count). The summed E-state index contributed by atoms with van der Waals surface area (Å²) in [5.74, 6) is -0.656. The summed E-state index contributed by atoms with van der Waals surface area (Å²) in [5.41, 5.74) is 5.98. The highest BCUT2D eigenvalue weighted by Gasteiger charge is 2.42. The predicted octanol–water partition coefficient (Wildman–Crippen LogP) is 0.502. The number of nitrogens with one attached hydrogen (secondary N) is 3. The summed E-state index contributed by atoms with van der Waals surface area (Å²) < 4.78 is 12.0. The van der Waals surface area contributed by atoms with E-state index in [1.807, 2.05) is 27.7 Å². The lowest BCUT2D eigenvalue weighted by atomic mass is 9.97. The van der Waals surface area contributed by atoms with Gasteiger partial charge in [0.25, 0.3) is 0 Å². The zero-order valence-corrected chi connectivity index (χ0v) is 17.8. The quantitative estimate of drug-likeness (QED) is 0.450. The van der Waals surface area contributed by atoms with E-state index >= 15 is 0 Å². The van der Waals surface area contributed by atoms with Crippen LogP contribution in [0.3, 0.4) is 0 Å². The Morgan fingerprint density at radius 3 is 2.50 bits per heavy atom. The van der Waals surface area contributed by atoms with Crippen molar-refractivity contribution in [3.05, 3.63) is 0 Å². The Morgan fingerprint density at radius 1 is 1.21 bits per heavy atom. The van der Waals surface area contributed by atoms with Gasteiger partial charge in [0.2, 0.25) is 11.8 Å². The van der Waals surface area contributed by atoms with Crippen molar-refractivity contribution in [2.24, 2.45) is 17.6 Å². The molecule has 5 N–H and O–H groups in total. The molecule has 2 heterocycles. The molecule has 162 valence electrons. The minimum Gasteiger partial charge on any atom is -0.352 e. The van der Waals surface area contributed by atoms with Gasteiger partial charge >= 0.3 is 0 Å². The van der Waals surface area contributed by atoms with E-state index in [2.05, 4.69) is 16.0 Å². The summed E-state index contributed by atoms with van der Waals surface area (Å²) in [4.78, 5) is 25.2. The first-order chi connectivity index (χ1) is 13.3. The molecule has 2 amide bonds. The summed E-state index contributed by atoms with van der Waals surface area (Å²) >= 11 is 0. The number of rotatable bonds is 9. The van der Waals surface area contributed by atoms with Gasteiger partial charge in [-0.25, -0.2) is 0 Å². The summed E-state index contributed by atoms with van der Waals surface area (Å²) in [5, 5.41) is 9.07. The molecule has 28 heavy (non-hydrogen) atoms. The van der Waals surface area contributed by atoms with E-state index in [4.69, 9.17) is 15.2 Å². The van der Waals surface area contributed by atoms with Gasteiger partial charge in [0.15, 0.2) is 5.79 Å². The predicted molar refractivity (Wildman–Crippen MR) is 107 cm³/mol. The van der Waals surface area contributed by atoms with E-state index < -0.39 is 17.9 Å². The van der Waals surface area contributed by atoms with E-state index in [-0.39, 0.29) is 23.8 Å². The zero-order chi connectivity index (χ0) is 20.7. The third kappa shape index (κ3) is 6.40. The number of amides is 2. The monoisotopic (exact) mass is 398 g/mol. The van der Waals surface area contributed by atoms with E-state index in [9.17, 15) is 9.59 Å².